The van der Waals surface area contributed by atoms with Crippen molar-refractivity contribution >= 4 is 0 Å². The smallest absolute Gasteiger partial charge is 0.00474 e. The predicted molar refractivity (Wildman–Crippen MR) is 69.6 cm³/mol. The fourth-order valence-corrected chi connectivity index (χ4v) is 2.82. The lowest BCUT2D eigenvalue weighted by molar-refractivity contribution is 0.153. The first kappa shape index (κ1) is 11.7. The molecule has 2 rings (SSSR count). The van der Waals surface area contributed by atoms with E-state index >= 15 is 0 Å². The third-order valence-corrected chi connectivity index (χ3v) is 3.88. The molecule has 1 aromatic rings. The van der Waals surface area contributed by atoms with Crippen LogP contribution >= 0.6 is 0 Å². The molecule has 2 atom stereocenters. The normalized spacial score (nSPS) is 27.2. The second kappa shape index (κ2) is 5.01. The minimum Gasteiger partial charge on any atom is -0.305 e. The summed E-state index contributed by atoms with van der Waals surface area (Å²) in [5.41, 5.74) is 1.51. The van der Waals surface area contributed by atoms with Crippen LogP contribution in [0.4, 0.5) is 0 Å². The molecule has 0 bridgehead atoms. The van der Waals surface area contributed by atoms with Crippen molar-refractivity contribution < 1.29 is 0 Å². The molecule has 16 heavy (non-hydrogen) atoms. The van der Waals surface area contributed by atoms with Crippen LogP contribution in [-0.2, 0) is 0 Å². The third-order valence-electron chi connectivity index (χ3n) is 3.88. The van der Waals surface area contributed by atoms with Crippen molar-refractivity contribution in [2.75, 3.05) is 20.1 Å². The number of likely N-dealkylation sites (N-methyl/N-ethyl adjacent to an activating group) is 1. The molecule has 1 heteroatoms. The first-order valence-electron chi connectivity index (χ1n) is 6.40. The van der Waals surface area contributed by atoms with Gasteiger partial charge in [0.15, 0.2) is 0 Å². The zero-order chi connectivity index (χ0) is 11.5. The van der Waals surface area contributed by atoms with E-state index in [9.17, 15) is 0 Å². The lowest BCUT2D eigenvalue weighted by atomic mass is 9.80. The van der Waals surface area contributed by atoms with Crippen LogP contribution < -0.4 is 0 Å². The quantitative estimate of drug-likeness (QED) is 0.734. The van der Waals surface area contributed by atoms with Gasteiger partial charge in [-0.15, -0.1) is 0 Å². The van der Waals surface area contributed by atoms with Crippen LogP contribution in [0.2, 0.25) is 0 Å². The van der Waals surface area contributed by atoms with E-state index < -0.39 is 0 Å². The molecule has 0 spiro atoms. The molecule has 0 aromatic heterocycles. The maximum Gasteiger partial charge on any atom is 0.00474 e. The fraction of sp³-hybridized carbons (Fsp3) is 0.600. The molecule has 1 aliphatic heterocycles. The van der Waals surface area contributed by atoms with Crippen molar-refractivity contribution in [3.8, 4) is 0 Å². The molecule has 0 amide bonds. The molecule has 1 heterocycles. The molecular formula is C15H23N. The minimum absolute atomic E-state index is 0.729. The number of nitrogens with zero attached hydrogens (tertiary/aromatic N) is 1. The summed E-state index contributed by atoms with van der Waals surface area (Å²) >= 11 is 0. The van der Waals surface area contributed by atoms with E-state index in [4.69, 9.17) is 0 Å². The molecule has 1 aromatic carbocycles. The number of rotatable bonds is 2. The van der Waals surface area contributed by atoms with Crippen LogP contribution in [-0.4, -0.2) is 25.0 Å². The van der Waals surface area contributed by atoms with Crippen LogP contribution in [0.3, 0.4) is 0 Å². The number of hydrogen-bond donors (Lipinski definition) is 0. The van der Waals surface area contributed by atoms with E-state index in [-0.39, 0.29) is 0 Å². The molecule has 1 saturated heterocycles. The van der Waals surface area contributed by atoms with Gasteiger partial charge in [-0.25, -0.2) is 0 Å². The summed E-state index contributed by atoms with van der Waals surface area (Å²) in [7, 11) is 2.25. The molecular weight excluding hydrogens is 194 g/mol. The van der Waals surface area contributed by atoms with Gasteiger partial charge in [-0.2, -0.15) is 0 Å². The second-order valence-electron chi connectivity index (χ2n) is 5.57. The summed E-state index contributed by atoms with van der Waals surface area (Å²) in [6.07, 6.45) is 1.35. The topological polar surface area (TPSA) is 3.24 Å². The number of hydrogen-bond acceptors (Lipinski definition) is 1. The van der Waals surface area contributed by atoms with Gasteiger partial charge in [0, 0.05) is 13.1 Å². The Bertz CT molecular complexity index is 317. The van der Waals surface area contributed by atoms with Gasteiger partial charge >= 0.3 is 0 Å². The Morgan fingerprint density at radius 3 is 2.44 bits per heavy atom. The second-order valence-corrected chi connectivity index (χ2v) is 5.57. The third kappa shape index (κ3) is 2.65. The Kier molecular flexibility index (Phi) is 3.65. The van der Waals surface area contributed by atoms with Gasteiger partial charge in [0.25, 0.3) is 0 Å². The Morgan fingerprint density at radius 2 is 1.81 bits per heavy atom. The maximum absolute atomic E-state index is 2.49. The monoisotopic (exact) mass is 217 g/mol. The summed E-state index contributed by atoms with van der Waals surface area (Å²) in [4.78, 5) is 2.49. The van der Waals surface area contributed by atoms with Crippen LogP contribution in [0.5, 0.6) is 0 Å². The molecule has 88 valence electrons. The summed E-state index contributed by atoms with van der Waals surface area (Å²) in [6, 6.07) is 11.0. The molecule has 0 N–H and O–H groups in total. The van der Waals surface area contributed by atoms with Crippen LogP contribution in [0.1, 0.15) is 31.7 Å². The highest BCUT2D eigenvalue weighted by molar-refractivity contribution is 5.20. The summed E-state index contributed by atoms with van der Waals surface area (Å²) in [5.74, 6) is 2.38. The first-order valence-corrected chi connectivity index (χ1v) is 6.40. The number of benzene rings is 1. The van der Waals surface area contributed by atoms with Gasteiger partial charge in [-0.1, -0.05) is 44.2 Å². The van der Waals surface area contributed by atoms with Gasteiger partial charge < -0.3 is 4.90 Å². The highest BCUT2D eigenvalue weighted by atomic mass is 15.1. The maximum atomic E-state index is 2.49. The van der Waals surface area contributed by atoms with Gasteiger partial charge in [0.1, 0.15) is 0 Å². The first-order chi connectivity index (χ1) is 7.66. The summed E-state index contributed by atoms with van der Waals surface area (Å²) < 4.78 is 0. The van der Waals surface area contributed by atoms with E-state index in [1.165, 1.54) is 25.1 Å². The lowest BCUT2D eigenvalue weighted by Gasteiger charge is -2.37. The fourth-order valence-electron chi connectivity index (χ4n) is 2.82. The number of piperidine rings is 1. The van der Waals surface area contributed by atoms with Gasteiger partial charge in [0.2, 0.25) is 0 Å². The average molecular weight is 217 g/mol. The average Bonchev–Trinajstić information content (AvgIpc) is 2.29. The molecule has 1 fully saturated rings. The summed E-state index contributed by atoms with van der Waals surface area (Å²) in [6.45, 7) is 7.19. The Morgan fingerprint density at radius 1 is 1.12 bits per heavy atom. The van der Waals surface area contributed by atoms with E-state index in [2.05, 4.69) is 56.1 Å². The Hall–Kier alpha value is -0.820. The van der Waals surface area contributed by atoms with E-state index in [1.807, 2.05) is 0 Å². The van der Waals surface area contributed by atoms with Crippen molar-refractivity contribution in [1.29, 1.82) is 0 Å². The van der Waals surface area contributed by atoms with Gasteiger partial charge in [-0.3, -0.25) is 0 Å². The molecule has 0 radical (unpaired) electrons. The van der Waals surface area contributed by atoms with Gasteiger partial charge in [0.05, 0.1) is 0 Å². The highest BCUT2D eigenvalue weighted by Crippen LogP contribution is 2.32. The van der Waals surface area contributed by atoms with Crippen molar-refractivity contribution in [3.63, 3.8) is 0 Å². The van der Waals surface area contributed by atoms with Crippen molar-refractivity contribution in [1.82, 2.24) is 4.90 Å². The zero-order valence-corrected chi connectivity index (χ0v) is 10.7. The van der Waals surface area contributed by atoms with Crippen LogP contribution in [0, 0.1) is 11.8 Å². The largest absolute Gasteiger partial charge is 0.305 e. The van der Waals surface area contributed by atoms with E-state index in [1.54, 1.807) is 0 Å². The zero-order valence-electron chi connectivity index (χ0n) is 10.7. The number of likely N-dealkylation sites (tertiary alicyclic amines) is 1. The lowest BCUT2D eigenvalue weighted by Crippen LogP contribution is -2.38. The van der Waals surface area contributed by atoms with E-state index in [0.29, 0.717) is 0 Å². The Balaban J connectivity index is 2.11. The molecule has 2 unspecified atom stereocenters. The van der Waals surface area contributed by atoms with Crippen molar-refractivity contribution in [3.05, 3.63) is 35.9 Å². The minimum atomic E-state index is 0.729. The van der Waals surface area contributed by atoms with Gasteiger partial charge in [-0.05, 0) is 36.8 Å². The van der Waals surface area contributed by atoms with Crippen LogP contribution in [0.25, 0.3) is 0 Å². The molecule has 0 aliphatic carbocycles. The van der Waals surface area contributed by atoms with Crippen molar-refractivity contribution in [2.24, 2.45) is 11.8 Å². The summed E-state index contributed by atoms with van der Waals surface area (Å²) in [5, 5.41) is 0. The van der Waals surface area contributed by atoms with Crippen molar-refractivity contribution in [2.45, 2.75) is 26.2 Å². The van der Waals surface area contributed by atoms with Crippen LogP contribution in [0.15, 0.2) is 30.3 Å². The molecule has 1 nitrogen and oxygen atoms in total. The standard InChI is InChI=1S/C15H23N/c1-12(2)14-9-15(11-16(3)10-14)13-7-5-4-6-8-13/h4-8,12,14-15H,9-11H2,1-3H3. The SMILES string of the molecule is CC(C)C1CC(c2ccccc2)CN(C)C1. The molecule has 0 saturated carbocycles. The van der Waals surface area contributed by atoms with E-state index in [0.717, 1.165) is 17.8 Å². The predicted octanol–water partition coefficient (Wildman–Crippen LogP) is 3.38. The highest BCUT2D eigenvalue weighted by Gasteiger charge is 2.27. The Labute approximate surface area is 99.5 Å². The molecule has 1 aliphatic rings.